The van der Waals surface area contributed by atoms with Crippen molar-refractivity contribution in [3.05, 3.63) is 125 Å². The first-order valence-corrected chi connectivity index (χ1v) is 31.0. The Morgan fingerprint density at radius 2 is 1.42 bits per heavy atom. The van der Waals surface area contributed by atoms with Crippen LogP contribution in [0.4, 0.5) is 27.1 Å². The fourth-order valence-corrected chi connectivity index (χ4v) is 14.4. The summed E-state index contributed by atoms with van der Waals surface area (Å²) in [5.41, 5.74) is 5.05. The summed E-state index contributed by atoms with van der Waals surface area (Å²) in [7, 11) is -9.73. The summed E-state index contributed by atoms with van der Waals surface area (Å²) in [5.74, 6) is 0.919. The molecule has 0 saturated carbocycles. The number of aromatic nitrogens is 1. The van der Waals surface area contributed by atoms with Crippen molar-refractivity contribution < 1.29 is 29.6 Å². The minimum Gasteiger partial charge on any atom is -0.381 e. The van der Waals surface area contributed by atoms with Gasteiger partial charge in [-0.1, -0.05) is 55.8 Å². The minimum absolute atomic E-state index is 0.0187. The van der Waals surface area contributed by atoms with E-state index >= 15 is 4.39 Å². The third-order valence-corrected chi connectivity index (χ3v) is 18.4. The summed E-state index contributed by atoms with van der Waals surface area (Å²) >= 11 is 6.26. The average Bonchev–Trinajstić information content (AvgIpc) is 3.63. The van der Waals surface area contributed by atoms with Gasteiger partial charge in [0, 0.05) is 90.7 Å². The monoisotopic (exact) mass is 1060 g/mol. The number of hydrogen-bond donors (Lipinski definition) is 2. The van der Waals surface area contributed by atoms with Gasteiger partial charge in [-0.3, -0.25) is 4.72 Å². The third-order valence-electron chi connectivity index (χ3n) is 12.7. The van der Waals surface area contributed by atoms with E-state index in [0.29, 0.717) is 76.7 Å². The summed E-state index contributed by atoms with van der Waals surface area (Å²) in [6.07, 6.45) is 9.96. The van der Waals surface area contributed by atoms with Gasteiger partial charge in [0.25, 0.3) is 10.0 Å². The van der Waals surface area contributed by atoms with Crippen molar-refractivity contribution in [1.82, 2.24) is 9.47 Å². The average molecular weight is 1070 g/mol. The van der Waals surface area contributed by atoms with Crippen LogP contribution < -0.4 is 19.8 Å². The molecule has 5 aromatic rings. The summed E-state index contributed by atoms with van der Waals surface area (Å²) in [5, 5.41) is 8.40. The van der Waals surface area contributed by atoms with Gasteiger partial charge in [0.05, 0.1) is 26.1 Å². The lowest BCUT2D eigenvalue weighted by atomic mass is 9.99. The molecule has 18 heteroatoms. The topological polar surface area (TPSA) is 141 Å². The second-order valence-corrected chi connectivity index (χ2v) is 27.2. The number of nitrogens with one attached hydrogen (secondary N) is 2. The van der Waals surface area contributed by atoms with Gasteiger partial charge in [0.1, 0.15) is 5.82 Å². The Balaban J connectivity index is 1.05. The highest BCUT2D eigenvalue weighted by Gasteiger charge is 2.31. The van der Waals surface area contributed by atoms with Crippen LogP contribution in [-0.4, -0.2) is 111 Å². The van der Waals surface area contributed by atoms with Crippen molar-refractivity contribution in [2.75, 3.05) is 84.4 Å². The molecule has 2 N–H and O–H groups in total. The van der Waals surface area contributed by atoms with Gasteiger partial charge in [-0.2, -0.15) is 10.5 Å². The molecular formula is C53H66ClFN6O6S4. The molecular weight excluding hydrogens is 999 g/mol. The molecule has 7 rings (SSSR count). The Morgan fingerprint density at radius 3 is 2.01 bits per heavy atom. The molecule has 0 aliphatic carbocycles. The molecule has 0 spiro atoms. The van der Waals surface area contributed by atoms with Crippen LogP contribution in [0.25, 0.3) is 22.4 Å². The lowest BCUT2D eigenvalue weighted by molar-refractivity contribution is 0.285. The zero-order valence-electron chi connectivity index (χ0n) is 41.7. The van der Waals surface area contributed by atoms with E-state index in [4.69, 9.17) is 11.6 Å². The van der Waals surface area contributed by atoms with E-state index in [9.17, 15) is 25.3 Å². The van der Waals surface area contributed by atoms with Gasteiger partial charge in [0.2, 0.25) is 0 Å². The normalized spacial score (nSPS) is 16.0. The molecule has 12 nitrogen and oxygen atoms in total. The number of sulfonamides is 1. The first-order chi connectivity index (χ1) is 33.5. The van der Waals surface area contributed by atoms with E-state index in [-0.39, 0.29) is 37.3 Å². The fourth-order valence-electron chi connectivity index (χ4n) is 9.53. The number of hydrogen-bond acceptors (Lipinski definition) is 10. The molecule has 1 aromatic heterocycles. The number of allylic oxidation sites excluding steroid dienone is 3. The number of piperazine rings is 1. The van der Waals surface area contributed by atoms with Crippen LogP contribution in [0.3, 0.4) is 0 Å². The summed E-state index contributed by atoms with van der Waals surface area (Å²) in [4.78, 5) is 6.41. The van der Waals surface area contributed by atoms with Gasteiger partial charge in [0.15, 0.2) is 19.7 Å². The summed E-state index contributed by atoms with van der Waals surface area (Å²) in [6, 6.07) is 23.0. The number of sulfone groups is 2. The van der Waals surface area contributed by atoms with Crippen molar-refractivity contribution in [3.8, 4) is 22.4 Å². The second-order valence-electron chi connectivity index (χ2n) is 19.2. The number of anilines is 4. The highest BCUT2D eigenvalue weighted by Crippen LogP contribution is 2.45. The molecule has 2 aliphatic heterocycles. The SMILES string of the molecule is Cc1c(S(C)(=O)=O)c(-c2cc(F)cc(N3CCN(c4ccc(NS(=O)(=O)c5ccc(N[C@H](CCN(C)CC(C)C)CCS6=CC=CC=C6)c(S(C)(=O)=O)c5)cc4)CC3)c2)c(-c2ccc(Cl)cc2)n1C(C)C. The maximum atomic E-state index is 15.8. The number of benzene rings is 4. The van der Waals surface area contributed by atoms with Crippen LogP contribution in [0.15, 0.2) is 123 Å². The summed E-state index contributed by atoms with van der Waals surface area (Å²) in [6.45, 7) is 14.1. The highest BCUT2D eigenvalue weighted by molar-refractivity contribution is 8.17. The quantitative estimate of drug-likeness (QED) is 0.0724. The van der Waals surface area contributed by atoms with E-state index in [1.165, 1.54) is 30.5 Å². The molecule has 3 heterocycles. The predicted octanol–water partition coefficient (Wildman–Crippen LogP) is 10.7. The van der Waals surface area contributed by atoms with E-state index in [0.717, 1.165) is 49.2 Å². The third kappa shape index (κ3) is 13.4. The Morgan fingerprint density at radius 1 is 0.761 bits per heavy atom. The van der Waals surface area contributed by atoms with E-state index in [2.05, 4.69) is 68.6 Å². The van der Waals surface area contributed by atoms with E-state index in [1.54, 1.807) is 37.3 Å². The largest absolute Gasteiger partial charge is 0.381 e. The van der Waals surface area contributed by atoms with Crippen LogP contribution in [0.2, 0.25) is 5.02 Å². The van der Waals surface area contributed by atoms with Crippen LogP contribution in [0.1, 0.15) is 52.3 Å². The maximum Gasteiger partial charge on any atom is 0.261 e. The van der Waals surface area contributed by atoms with Crippen molar-refractivity contribution in [3.63, 3.8) is 0 Å². The van der Waals surface area contributed by atoms with Crippen molar-refractivity contribution in [1.29, 1.82) is 0 Å². The Bertz CT molecular complexity index is 3170. The van der Waals surface area contributed by atoms with Gasteiger partial charge in [-0.25, -0.2) is 29.6 Å². The molecule has 1 unspecified atom stereocenters. The fraction of sp³-hybridized carbons (Fsp3) is 0.377. The summed E-state index contributed by atoms with van der Waals surface area (Å²) < 4.78 is 102. The first-order valence-electron chi connectivity index (χ1n) is 23.8. The molecule has 4 aromatic carbocycles. The number of halogens is 2. The predicted molar refractivity (Wildman–Crippen MR) is 296 cm³/mol. The van der Waals surface area contributed by atoms with Crippen molar-refractivity contribution >= 4 is 79.9 Å². The van der Waals surface area contributed by atoms with Crippen LogP contribution >= 0.6 is 22.1 Å². The zero-order chi connectivity index (χ0) is 51.4. The van der Waals surface area contributed by atoms with Crippen LogP contribution in [0.5, 0.6) is 0 Å². The molecule has 382 valence electrons. The zero-order valence-corrected chi connectivity index (χ0v) is 45.7. The molecule has 2 atom stereocenters. The lowest BCUT2D eigenvalue weighted by Crippen LogP contribution is -2.46. The molecule has 0 bridgehead atoms. The molecule has 1 saturated heterocycles. The Kier molecular flexibility index (Phi) is 17.0. The Hall–Kier alpha value is -4.91. The van der Waals surface area contributed by atoms with Gasteiger partial charge in [-0.05, 0) is 154 Å². The molecule has 0 amide bonds. The number of rotatable bonds is 20. The Labute approximate surface area is 428 Å². The molecule has 1 fully saturated rings. The first kappa shape index (κ1) is 53.9. The van der Waals surface area contributed by atoms with E-state index in [1.807, 2.05) is 54.8 Å². The van der Waals surface area contributed by atoms with Gasteiger partial charge < -0.3 is 24.6 Å². The molecule has 2 aliphatic rings. The van der Waals surface area contributed by atoms with Crippen LogP contribution in [0, 0.1) is 18.7 Å². The second kappa shape index (κ2) is 22.5. The standard InChI is InChI=1S/C53H66ClFN6O6S4/c1-37(2)36-58(6)24-22-44(23-31-68-29-10-9-11-30-68)56-49-21-20-48(35-50(49)69(7,62)63)71(66,67)57-45-16-18-46(19-17-45)59-25-27-60(28-26-59)47-33-41(32-43(55)34-47)51-52(40-12-14-42(54)15-13-40)61(38(3)4)39(5)53(51)70(8,64)65/h9-21,29-30,32-35,37-38,44,56-57H,22-28,31,36H2,1-8H3/t44-/m1/s1. The van der Waals surface area contributed by atoms with Crippen molar-refractivity contribution in [2.24, 2.45) is 5.92 Å². The van der Waals surface area contributed by atoms with E-state index < -0.39 is 35.5 Å². The highest BCUT2D eigenvalue weighted by atomic mass is 35.5. The van der Waals surface area contributed by atoms with Crippen LogP contribution in [-0.2, 0) is 29.7 Å². The smallest absolute Gasteiger partial charge is 0.261 e. The van der Waals surface area contributed by atoms with Gasteiger partial charge >= 0.3 is 0 Å². The van der Waals surface area contributed by atoms with Crippen molar-refractivity contribution in [2.45, 2.75) is 74.2 Å². The van der Waals surface area contributed by atoms with Gasteiger partial charge in [-0.15, -0.1) is 0 Å². The maximum absolute atomic E-state index is 15.8. The number of nitrogens with zero attached hydrogens (tertiary/aromatic N) is 4. The molecule has 71 heavy (non-hydrogen) atoms. The lowest BCUT2D eigenvalue weighted by Gasteiger charge is -2.37. The minimum atomic E-state index is -4.20. The molecule has 0 radical (unpaired) electrons.